The van der Waals surface area contributed by atoms with Crippen LogP contribution in [-0.2, 0) is 42.2 Å². The minimum absolute atomic E-state index is 0.0295. The van der Waals surface area contributed by atoms with Crippen molar-refractivity contribution in [3.8, 4) is 0 Å². The number of allylic oxidation sites excluding steroid dienone is 24. The highest BCUT2D eigenvalue weighted by Gasteiger charge is 2.28. The Balaban J connectivity index is 4.90. The summed E-state index contributed by atoms with van der Waals surface area (Å²) in [6, 6.07) is 0. The van der Waals surface area contributed by atoms with Gasteiger partial charge in [-0.25, -0.2) is 4.57 Å². The molecule has 0 aromatic carbocycles. The van der Waals surface area contributed by atoms with Gasteiger partial charge in [-0.05, 0) is 122 Å². The molecule has 0 aliphatic heterocycles. The quantitative estimate of drug-likeness (QED) is 0.0197. The first-order chi connectivity index (χ1) is 39.2. The maximum atomic E-state index is 12.9. The van der Waals surface area contributed by atoms with Crippen molar-refractivity contribution in [2.75, 3.05) is 26.4 Å². The van der Waals surface area contributed by atoms with Crippen molar-refractivity contribution in [2.24, 2.45) is 0 Å². The molecule has 2 N–H and O–H groups in total. The normalized spacial score (nSPS) is 14.3. The Kier molecular flexibility index (Phi) is 56.9. The number of hydrogen-bond acceptors (Lipinski definition) is 10. The number of ether oxygens (including phenoxy) is 3. The van der Waals surface area contributed by atoms with Crippen LogP contribution in [0.5, 0.6) is 0 Å². The third kappa shape index (κ3) is 58.0. The van der Waals surface area contributed by atoms with Gasteiger partial charge in [0, 0.05) is 19.3 Å². The maximum absolute atomic E-state index is 12.9. The maximum Gasteiger partial charge on any atom is 0.472 e. The van der Waals surface area contributed by atoms with Crippen LogP contribution >= 0.6 is 7.82 Å². The molecule has 0 rings (SSSR count). The SMILES string of the molecule is CC/C=C\C/C=C\C/C=C\C/C=C\C/C=C\C/C=C\CCC(=O)OC(COC(=O)CCCCCCCCC/C=C\CCCCCCCC)COP(=O)(O)OCC(CO)OC(=O)CCC/C=C\C/C=C\C/C=C\C/C=C\C/C=C\CC. The molecule has 0 saturated carbocycles. The average Bonchev–Trinajstić information content (AvgIpc) is 3.45. The van der Waals surface area contributed by atoms with Gasteiger partial charge in [0.05, 0.1) is 19.8 Å². The first-order valence-electron chi connectivity index (χ1n) is 30.7. The molecule has 0 fully saturated rings. The van der Waals surface area contributed by atoms with E-state index in [-0.39, 0.29) is 25.9 Å². The molecule has 11 nitrogen and oxygen atoms in total. The second kappa shape index (κ2) is 60.5. The van der Waals surface area contributed by atoms with Gasteiger partial charge >= 0.3 is 25.7 Å². The molecular weight excluding hydrogens is 1020 g/mol. The topological polar surface area (TPSA) is 155 Å². The van der Waals surface area contributed by atoms with Crippen molar-refractivity contribution in [1.82, 2.24) is 0 Å². The number of carbonyl (C=O) groups excluding carboxylic acids is 3. The molecule has 3 atom stereocenters. The molecule has 0 heterocycles. The van der Waals surface area contributed by atoms with Crippen LogP contribution in [0.1, 0.15) is 226 Å². The lowest BCUT2D eigenvalue weighted by Crippen LogP contribution is -2.30. The second-order valence-corrected chi connectivity index (χ2v) is 21.2. The molecule has 0 bridgehead atoms. The summed E-state index contributed by atoms with van der Waals surface area (Å²) in [6.07, 6.45) is 78.2. The van der Waals surface area contributed by atoms with Gasteiger partial charge in [-0.3, -0.25) is 23.4 Å². The van der Waals surface area contributed by atoms with Gasteiger partial charge in [0.15, 0.2) is 6.10 Å². The van der Waals surface area contributed by atoms with E-state index in [1.807, 2.05) is 24.3 Å². The van der Waals surface area contributed by atoms with Crippen LogP contribution in [0.25, 0.3) is 0 Å². The van der Waals surface area contributed by atoms with Crippen molar-refractivity contribution < 1.29 is 52.2 Å². The number of hydrogen-bond donors (Lipinski definition) is 2. The standard InChI is InChI=1S/C68H109O11P/c1-4-7-10-13-16-19-22-25-28-31-32-35-38-41-44-47-50-53-56-59-68(72)79-65(61-75-66(70)57-54-51-48-45-42-39-36-33-29-26-23-20-17-14-11-8-5-2)63-77-80(73,74)76-62-64(60-69)78-67(71)58-55-52-49-46-43-40-37-34-30-27-24-21-18-15-12-9-6-3/h7,9-10,12,16,18-19,21,25-30,32,35,37,40-41,44,46,49-50,53,64-65,69H,4-6,8,11,13-15,17,20,22-24,31,33-34,36,38-39,42-43,45,47-48,51-52,54-63H2,1-3H3,(H,73,74)/b10-7-,12-9-,19-16-,21-18-,28-25-,29-26-,30-27-,35-32-,40-37-,44-41-,49-46-,53-50-. The van der Waals surface area contributed by atoms with Crippen molar-refractivity contribution >= 4 is 25.7 Å². The number of unbranched alkanes of at least 4 members (excludes halogenated alkanes) is 14. The molecular formula is C68H109O11P. The summed E-state index contributed by atoms with van der Waals surface area (Å²) < 4.78 is 39.5. The molecule has 0 aromatic heterocycles. The molecule has 0 saturated heterocycles. The number of esters is 3. The van der Waals surface area contributed by atoms with Crippen LogP contribution in [0.2, 0.25) is 0 Å². The van der Waals surface area contributed by atoms with Crippen LogP contribution in [0.4, 0.5) is 0 Å². The monoisotopic (exact) mass is 1130 g/mol. The highest BCUT2D eigenvalue weighted by atomic mass is 31.2. The first-order valence-corrected chi connectivity index (χ1v) is 32.2. The van der Waals surface area contributed by atoms with Crippen molar-refractivity contribution in [3.05, 3.63) is 146 Å². The lowest BCUT2D eigenvalue weighted by molar-refractivity contribution is -0.161. The third-order valence-corrected chi connectivity index (χ3v) is 13.2. The predicted octanol–water partition coefficient (Wildman–Crippen LogP) is 18.7. The number of carbonyl (C=O) groups is 3. The van der Waals surface area contributed by atoms with Crippen LogP contribution < -0.4 is 0 Å². The Bertz CT molecular complexity index is 1900. The van der Waals surface area contributed by atoms with Gasteiger partial charge in [0.1, 0.15) is 12.7 Å². The highest BCUT2D eigenvalue weighted by Crippen LogP contribution is 2.43. The summed E-state index contributed by atoms with van der Waals surface area (Å²) in [6.45, 7) is 4.25. The highest BCUT2D eigenvalue weighted by molar-refractivity contribution is 7.47. The van der Waals surface area contributed by atoms with Gasteiger partial charge in [-0.2, -0.15) is 0 Å². The largest absolute Gasteiger partial charge is 0.472 e. The van der Waals surface area contributed by atoms with E-state index in [4.69, 9.17) is 23.3 Å². The van der Waals surface area contributed by atoms with E-state index < -0.39 is 57.8 Å². The molecule has 0 spiro atoms. The Morgan fingerprint density at radius 1 is 0.362 bits per heavy atom. The van der Waals surface area contributed by atoms with Crippen molar-refractivity contribution in [1.29, 1.82) is 0 Å². The van der Waals surface area contributed by atoms with E-state index in [0.717, 1.165) is 89.9 Å². The minimum atomic E-state index is -4.80. The van der Waals surface area contributed by atoms with Crippen LogP contribution in [-0.4, -0.2) is 66.5 Å². The Hall–Kier alpha value is -4.64. The van der Waals surface area contributed by atoms with Gasteiger partial charge in [0.25, 0.3) is 0 Å². The van der Waals surface area contributed by atoms with E-state index in [2.05, 4.69) is 142 Å². The van der Waals surface area contributed by atoms with Crippen LogP contribution in [0.3, 0.4) is 0 Å². The van der Waals surface area contributed by atoms with Crippen molar-refractivity contribution in [3.63, 3.8) is 0 Å². The van der Waals surface area contributed by atoms with Gasteiger partial charge in [-0.15, -0.1) is 0 Å². The molecule has 3 unspecified atom stereocenters. The Labute approximate surface area is 486 Å². The summed E-state index contributed by atoms with van der Waals surface area (Å²) in [5, 5.41) is 9.83. The molecule has 452 valence electrons. The van der Waals surface area contributed by atoms with E-state index >= 15 is 0 Å². The molecule has 80 heavy (non-hydrogen) atoms. The summed E-state index contributed by atoms with van der Waals surface area (Å²) in [7, 11) is -4.80. The van der Waals surface area contributed by atoms with E-state index in [1.54, 1.807) is 0 Å². The Morgan fingerprint density at radius 2 is 0.688 bits per heavy atom. The lowest BCUT2D eigenvalue weighted by Gasteiger charge is -2.21. The van der Waals surface area contributed by atoms with E-state index in [1.165, 1.54) is 64.2 Å². The number of aliphatic hydroxyl groups is 1. The number of aliphatic hydroxyl groups excluding tert-OH is 1. The zero-order valence-corrected chi connectivity index (χ0v) is 50.9. The van der Waals surface area contributed by atoms with E-state index in [0.29, 0.717) is 32.1 Å². The Morgan fingerprint density at radius 3 is 1.12 bits per heavy atom. The van der Waals surface area contributed by atoms with E-state index in [9.17, 15) is 28.9 Å². The molecule has 0 aliphatic rings. The van der Waals surface area contributed by atoms with Crippen LogP contribution in [0, 0.1) is 0 Å². The molecule has 0 radical (unpaired) electrons. The minimum Gasteiger partial charge on any atom is -0.462 e. The van der Waals surface area contributed by atoms with Gasteiger partial charge in [-0.1, -0.05) is 231 Å². The fourth-order valence-electron chi connectivity index (χ4n) is 7.65. The number of phosphoric ester groups is 1. The average molecular weight is 1130 g/mol. The molecule has 0 aliphatic carbocycles. The third-order valence-electron chi connectivity index (χ3n) is 12.2. The van der Waals surface area contributed by atoms with Crippen molar-refractivity contribution in [2.45, 2.75) is 238 Å². The molecule has 12 heteroatoms. The molecule has 0 amide bonds. The van der Waals surface area contributed by atoms with Gasteiger partial charge < -0.3 is 24.2 Å². The lowest BCUT2D eigenvalue weighted by atomic mass is 10.1. The van der Waals surface area contributed by atoms with Crippen LogP contribution in [0.15, 0.2) is 146 Å². The summed E-state index contributed by atoms with van der Waals surface area (Å²) in [4.78, 5) is 48.6. The predicted molar refractivity (Wildman–Crippen MR) is 334 cm³/mol. The summed E-state index contributed by atoms with van der Waals surface area (Å²) in [5.74, 6) is -1.65. The summed E-state index contributed by atoms with van der Waals surface area (Å²) >= 11 is 0. The number of phosphoric acid groups is 1. The fourth-order valence-corrected chi connectivity index (χ4v) is 8.43. The molecule has 0 aromatic rings. The second-order valence-electron chi connectivity index (χ2n) is 19.7. The zero-order chi connectivity index (χ0) is 58.3. The summed E-state index contributed by atoms with van der Waals surface area (Å²) in [5.41, 5.74) is 0. The number of rotatable bonds is 55. The fraction of sp³-hybridized carbons (Fsp3) is 0.603. The smallest absolute Gasteiger partial charge is 0.462 e. The first kappa shape index (κ1) is 75.4. The van der Waals surface area contributed by atoms with Gasteiger partial charge in [0.2, 0.25) is 0 Å². The zero-order valence-electron chi connectivity index (χ0n) is 50.0.